The summed E-state index contributed by atoms with van der Waals surface area (Å²) in [4.78, 5) is 4.36. The summed E-state index contributed by atoms with van der Waals surface area (Å²) in [6.07, 6.45) is 5.21. The summed E-state index contributed by atoms with van der Waals surface area (Å²) >= 11 is 1.73. The minimum atomic E-state index is 0.758. The molecule has 1 aliphatic heterocycles. The Kier molecular flexibility index (Phi) is 4.29. The number of nitrogens with one attached hydrogen (secondary N) is 1. The Labute approximate surface area is 101 Å². The highest BCUT2D eigenvalue weighted by Gasteiger charge is 2.13. The molecule has 0 aromatic carbocycles. The third-order valence-corrected chi connectivity index (χ3v) is 4.01. The lowest BCUT2D eigenvalue weighted by Gasteiger charge is -2.08. The van der Waals surface area contributed by atoms with Gasteiger partial charge in [0.1, 0.15) is 5.76 Å². The van der Waals surface area contributed by atoms with E-state index < -0.39 is 0 Å². The van der Waals surface area contributed by atoms with Crippen molar-refractivity contribution >= 4 is 11.8 Å². The molecule has 1 unspecified atom stereocenters. The zero-order valence-electron chi connectivity index (χ0n) is 10.1. The van der Waals surface area contributed by atoms with E-state index in [9.17, 15) is 0 Å². The number of rotatable bonds is 5. The molecule has 2 rings (SSSR count). The molecule has 0 aliphatic carbocycles. The largest absolute Gasteiger partial charge is 0.437 e. The summed E-state index contributed by atoms with van der Waals surface area (Å²) in [6.45, 7) is 5.16. The van der Waals surface area contributed by atoms with E-state index in [4.69, 9.17) is 4.42 Å². The first-order valence-corrected chi connectivity index (χ1v) is 7.04. The maximum Gasteiger partial charge on any atom is 0.256 e. The van der Waals surface area contributed by atoms with Gasteiger partial charge in [0.05, 0.1) is 5.69 Å². The van der Waals surface area contributed by atoms with Crippen LogP contribution in [0.3, 0.4) is 0 Å². The van der Waals surface area contributed by atoms with Gasteiger partial charge in [0.15, 0.2) is 0 Å². The van der Waals surface area contributed by atoms with E-state index in [0.29, 0.717) is 0 Å². The third kappa shape index (κ3) is 3.25. The molecular formula is C12H20N2OS. The zero-order valence-corrected chi connectivity index (χ0v) is 10.9. The number of nitrogens with zero attached hydrogens (tertiary/aromatic N) is 1. The maximum atomic E-state index is 5.52. The number of hydrogen-bond donors (Lipinski definition) is 1. The molecule has 90 valence electrons. The molecule has 1 aromatic heterocycles. The van der Waals surface area contributed by atoms with Crippen LogP contribution in [0.5, 0.6) is 0 Å². The Bertz CT molecular complexity index is 312. The van der Waals surface area contributed by atoms with Crippen molar-refractivity contribution < 1.29 is 4.42 Å². The van der Waals surface area contributed by atoms with Crippen LogP contribution < -0.4 is 5.32 Å². The van der Waals surface area contributed by atoms with Crippen molar-refractivity contribution in [2.75, 3.05) is 12.3 Å². The molecule has 2 heterocycles. The van der Waals surface area contributed by atoms with Crippen molar-refractivity contribution in [3.8, 4) is 0 Å². The molecule has 0 amide bonds. The lowest BCUT2D eigenvalue weighted by Crippen LogP contribution is -2.20. The van der Waals surface area contributed by atoms with Crippen LogP contribution >= 0.6 is 11.8 Å². The molecule has 1 atom stereocenters. The first kappa shape index (κ1) is 12.0. The van der Waals surface area contributed by atoms with E-state index in [1.807, 2.05) is 13.8 Å². The summed E-state index contributed by atoms with van der Waals surface area (Å²) in [7, 11) is 0. The highest BCUT2D eigenvalue weighted by Crippen LogP contribution is 2.22. The number of oxazole rings is 1. The van der Waals surface area contributed by atoms with Crippen molar-refractivity contribution in [3.63, 3.8) is 0 Å². The SMILES string of the molecule is Cc1nc(SCCCC2CCCN2)oc1C. The van der Waals surface area contributed by atoms with Crippen molar-refractivity contribution in [1.29, 1.82) is 0 Å². The predicted molar refractivity (Wildman–Crippen MR) is 67.0 cm³/mol. The molecule has 0 spiro atoms. The molecule has 0 bridgehead atoms. The van der Waals surface area contributed by atoms with Crippen LogP contribution in [-0.2, 0) is 0 Å². The maximum absolute atomic E-state index is 5.52. The summed E-state index contributed by atoms with van der Waals surface area (Å²) in [5, 5.41) is 4.35. The van der Waals surface area contributed by atoms with Crippen LogP contribution in [0.2, 0.25) is 0 Å². The van der Waals surface area contributed by atoms with Gasteiger partial charge in [-0.1, -0.05) is 11.8 Å². The van der Waals surface area contributed by atoms with Gasteiger partial charge in [0.25, 0.3) is 5.22 Å². The highest BCUT2D eigenvalue weighted by molar-refractivity contribution is 7.99. The fourth-order valence-electron chi connectivity index (χ4n) is 2.00. The normalized spacial score (nSPS) is 20.5. The average Bonchev–Trinajstić information content (AvgIpc) is 2.85. The predicted octanol–water partition coefficient (Wildman–Crippen LogP) is 2.92. The molecule has 3 nitrogen and oxygen atoms in total. The monoisotopic (exact) mass is 240 g/mol. The van der Waals surface area contributed by atoms with Gasteiger partial charge < -0.3 is 9.73 Å². The minimum absolute atomic E-state index is 0.758. The van der Waals surface area contributed by atoms with Crippen LogP contribution in [0.25, 0.3) is 0 Å². The standard InChI is InChI=1S/C12H20N2OS/c1-9-10(2)15-12(14-9)16-8-4-6-11-5-3-7-13-11/h11,13H,3-8H2,1-2H3. The summed E-state index contributed by atoms with van der Waals surface area (Å²) < 4.78 is 5.52. The average molecular weight is 240 g/mol. The Morgan fingerprint density at radius 2 is 2.38 bits per heavy atom. The first-order chi connectivity index (χ1) is 7.75. The number of hydrogen-bond acceptors (Lipinski definition) is 4. The Hall–Kier alpha value is -0.480. The van der Waals surface area contributed by atoms with Gasteiger partial charge in [0.2, 0.25) is 0 Å². The van der Waals surface area contributed by atoms with E-state index in [1.54, 1.807) is 11.8 Å². The molecule has 0 radical (unpaired) electrons. The van der Waals surface area contributed by atoms with E-state index in [-0.39, 0.29) is 0 Å². The number of aryl methyl sites for hydroxylation is 2. The topological polar surface area (TPSA) is 38.1 Å². The lowest BCUT2D eigenvalue weighted by molar-refractivity contribution is 0.431. The van der Waals surface area contributed by atoms with Crippen molar-refractivity contribution in [3.05, 3.63) is 11.5 Å². The van der Waals surface area contributed by atoms with Crippen molar-refractivity contribution in [2.45, 2.75) is 50.8 Å². The quantitative estimate of drug-likeness (QED) is 0.634. The third-order valence-electron chi connectivity index (χ3n) is 3.09. The number of aromatic nitrogens is 1. The van der Waals surface area contributed by atoms with Crippen LogP contribution in [0.4, 0.5) is 0 Å². The fraction of sp³-hybridized carbons (Fsp3) is 0.750. The van der Waals surface area contributed by atoms with Crippen LogP contribution in [0.1, 0.15) is 37.1 Å². The van der Waals surface area contributed by atoms with Crippen molar-refractivity contribution in [1.82, 2.24) is 10.3 Å². The molecule has 4 heteroatoms. The van der Waals surface area contributed by atoms with Gasteiger partial charge in [-0.15, -0.1) is 0 Å². The van der Waals surface area contributed by atoms with Gasteiger partial charge in [-0.3, -0.25) is 0 Å². The molecule has 16 heavy (non-hydrogen) atoms. The van der Waals surface area contributed by atoms with Gasteiger partial charge in [0, 0.05) is 11.8 Å². The van der Waals surface area contributed by atoms with Gasteiger partial charge in [-0.05, 0) is 46.1 Å². The van der Waals surface area contributed by atoms with Gasteiger partial charge >= 0.3 is 0 Å². The molecule has 1 saturated heterocycles. The Morgan fingerprint density at radius 3 is 3.00 bits per heavy atom. The summed E-state index contributed by atoms with van der Waals surface area (Å²) in [5.41, 5.74) is 1.01. The lowest BCUT2D eigenvalue weighted by atomic mass is 10.1. The van der Waals surface area contributed by atoms with E-state index >= 15 is 0 Å². The molecular weight excluding hydrogens is 220 g/mol. The summed E-state index contributed by atoms with van der Waals surface area (Å²) in [6, 6.07) is 0.758. The molecule has 1 N–H and O–H groups in total. The minimum Gasteiger partial charge on any atom is -0.437 e. The van der Waals surface area contributed by atoms with Crippen LogP contribution in [-0.4, -0.2) is 23.3 Å². The second-order valence-electron chi connectivity index (χ2n) is 4.41. The molecule has 0 saturated carbocycles. The molecule has 1 aliphatic rings. The highest BCUT2D eigenvalue weighted by atomic mass is 32.2. The molecule has 1 aromatic rings. The van der Waals surface area contributed by atoms with Crippen LogP contribution in [0.15, 0.2) is 9.64 Å². The van der Waals surface area contributed by atoms with Crippen molar-refractivity contribution in [2.24, 2.45) is 0 Å². The Balaban J connectivity index is 1.64. The van der Waals surface area contributed by atoms with E-state index in [1.165, 1.54) is 32.2 Å². The molecule has 1 fully saturated rings. The number of thioether (sulfide) groups is 1. The van der Waals surface area contributed by atoms with Gasteiger partial charge in [-0.25, -0.2) is 4.98 Å². The first-order valence-electron chi connectivity index (χ1n) is 6.06. The zero-order chi connectivity index (χ0) is 11.4. The van der Waals surface area contributed by atoms with Gasteiger partial charge in [-0.2, -0.15) is 0 Å². The fourth-order valence-corrected chi connectivity index (χ4v) is 2.87. The second-order valence-corrected chi connectivity index (χ2v) is 5.45. The smallest absolute Gasteiger partial charge is 0.256 e. The van der Waals surface area contributed by atoms with Crippen LogP contribution in [0, 0.1) is 13.8 Å². The van der Waals surface area contributed by atoms with E-state index in [2.05, 4.69) is 10.3 Å². The summed E-state index contributed by atoms with van der Waals surface area (Å²) in [5.74, 6) is 2.05. The van der Waals surface area contributed by atoms with E-state index in [0.717, 1.165) is 28.5 Å². The second kappa shape index (κ2) is 5.73. The Morgan fingerprint density at radius 1 is 1.50 bits per heavy atom.